The number of fused-ring (bicyclic) bond motifs is 3. The molecule has 0 aromatic heterocycles. The number of aliphatic hydroxyl groups is 1. The van der Waals surface area contributed by atoms with Crippen LogP contribution in [0.3, 0.4) is 0 Å². The van der Waals surface area contributed by atoms with Gasteiger partial charge in [0.2, 0.25) is 0 Å². The molecule has 148 valence electrons. The molecule has 0 bridgehead atoms. The summed E-state index contributed by atoms with van der Waals surface area (Å²) in [5.74, 6) is 0. The number of benzene rings is 2. The Morgan fingerprint density at radius 2 is 1.19 bits per heavy atom. The molecule has 0 aliphatic carbocycles. The van der Waals surface area contributed by atoms with E-state index in [9.17, 15) is 0 Å². The van der Waals surface area contributed by atoms with Crippen LogP contribution in [-0.2, 0) is 24.2 Å². The average molecular weight is 476 g/mol. The Bertz CT molecular complexity index is 637. The second-order valence-corrected chi connectivity index (χ2v) is 5.79. The summed E-state index contributed by atoms with van der Waals surface area (Å²) in [5.41, 5.74) is 6.69. The number of aliphatic hydroxyl groups excluding tert-OH is 1. The van der Waals surface area contributed by atoms with Gasteiger partial charge >= 0.3 is 28.4 Å². The van der Waals surface area contributed by atoms with Crippen LogP contribution in [0.2, 0.25) is 0 Å². The van der Waals surface area contributed by atoms with E-state index >= 15 is 0 Å². The number of nitrogens with one attached hydrogen (secondary N) is 1. The van der Waals surface area contributed by atoms with Crippen LogP contribution in [0.4, 0.5) is 0 Å². The minimum Gasteiger partial charge on any atom is -0.358 e. The van der Waals surface area contributed by atoms with Crippen molar-refractivity contribution >= 4 is 50.6 Å². The number of halogens is 2. The molecule has 0 aliphatic heterocycles. The number of hydrogen-bond donors (Lipinski definition) is 1. The first-order chi connectivity index (χ1) is 10.9. The van der Waals surface area contributed by atoms with Gasteiger partial charge in [0.1, 0.15) is 0 Å². The summed E-state index contributed by atoms with van der Waals surface area (Å²) in [6.45, 7) is 8.60. The maximum Gasteiger partial charge on any atom is -0.0771 e. The largest absolute Gasteiger partial charge is 0.358 e. The van der Waals surface area contributed by atoms with Gasteiger partial charge in [-0.15, -0.1) is 70.1 Å². The summed E-state index contributed by atoms with van der Waals surface area (Å²) in [5, 5.41) is 12.9. The molecular weight excluding hydrogens is 444 g/mol. The van der Waals surface area contributed by atoms with Gasteiger partial charge in [-0.05, 0) is 0 Å². The van der Waals surface area contributed by atoms with E-state index in [0.29, 0.717) is 0 Å². The van der Waals surface area contributed by atoms with Gasteiger partial charge < -0.3 is 25.2 Å². The molecule has 0 spiro atoms. The molecule has 0 radical (unpaired) electrons. The van der Waals surface area contributed by atoms with E-state index in [1.807, 2.05) is 20.8 Å². The van der Waals surface area contributed by atoms with Gasteiger partial charge in [0, 0.05) is 0 Å². The van der Waals surface area contributed by atoms with E-state index in [1.54, 1.807) is 0 Å². The fourth-order valence-electron chi connectivity index (χ4n) is 1.90. The molecule has 2 N–H and O–H groups in total. The molecule has 26 heavy (non-hydrogen) atoms. The van der Waals surface area contributed by atoms with Gasteiger partial charge in [-0.3, -0.25) is 0 Å². The zero-order chi connectivity index (χ0) is 17.9. The van der Waals surface area contributed by atoms with Crippen LogP contribution in [-0.4, -0.2) is 21.5 Å². The van der Waals surface area contributed by atoms with Gasteiger partial charge in [0.05, 0.1) is 0 Å². The molecule has 5 heteroatoms. The van der Waals surface area contributed by atoms with Gasteiger partial charge in [-0.1, -0.05) is 63.8 Å². The minimum absolute atomic E-state index is 0. The Balaban J connectivity index is -0.000000162. The van der Waals surface area contributed by atoms with Crippen molar-refractivity contribution in [3.05, 3.63) is 74.7 Å². The van der Waals surface area contributed by atoms with Crippen LogP contribution in [0.25, 0.3) is 27.3 Å². The first kappa shape index (κ1) is 33.2. The average Bonchev–Trinajstić information content (AvgIpc) is 2.87. The predicted octanol–water partition coefficient (Wildman–Crippen LogP) is 6.62. The molecule has 3 aromatic carbocycles. The second-order valence-electron chi connectivity index (χ2n) is 5.79. The Hall–Kier alpha value is -0.437. The maximum atomic E-state index is 7.46. The quantitative estimate of drug-likeness (QED) is 0.365. The van der Waals surface area contributed by atoms with Crippen LogP contribution in [0, 0.1) is 14.4 Å². The van der Waals surface area contributed by atoms with Gasteiger partial charge in [0.15, 0.2) is 0 Å². The van der Waals surface area contributed by atoms with Crippen LogP contribution < -0.4 is 0 Å². The summed E-state index contributed by atoms with van der Waals surface area (Å²) in [4.78, 5) is 0. The Morgan fingerprint density at radius 1 is 0.962 bits per heavy atom. The van der Waals surface area contributed by atoms with Crippen molar-refractivity contribution in [2.24, 2.45) is 0 Å². The predicted molar refractivity (Wildman–Crippen MR) is 122 cm³/mol. The van der Waals surface area contributed by atoms with Gasteiger partial charge in [-0.25, -0.2) is 0 Å². The molecule has 0 fully saturated rings. The molecule has 0 saturated carbocycles. The zero-order valence-corrected chi connectivity index (χ0v) is 20.2. The molecule has 3 aromatic rings. The molecule has 0 unspecified atom stereocenters. The summed E-state index contributed by atoms with van der Waals surface area (Å²) in [7, 11) is 0. The van der Waals surface area contributed by atoms with Crippen molar-refractivity contribution in [1.29, 1.82) is 0 Å². The zero-order valence-electron chi connectivity index (χ0n) is 16.1. The van der Waals surface area contributed by atoms with E-state index in [4.69, 9.17) is 10.8 Å². The fourth-order valence-corrected chi connectivity index (χ4v) is 1.90. The van der Waals surface area contributed by atoms with E-state index in [2.05, 4.69) is 65.7 Å². The van der Waals surface area contributed by atoms with Crippen LogP contribution in [0.1, 0.15) is 20.8 Å². The summed E-state index contributed by atoms with van der Waals surface area (Å²) in [6, 6.07) is 19.3. The van der Waals surface area contributed by atoms with Crippen LogP contribution >= 0.6 is 24.8 Å². The first-order valence-electron chi connectivity index (χ1n) is 7.40. The van der Waals surface area contributed by atoms with E-state index < -0.39 is 0 Å². The summed E-state index contributed by atoms with van der Waals surface area (Å²) >= 11 is 1.30. The monoisotopic (exact) mass is 473 g/mol. The van der Waals surface area contributed by atoms with Crippen molar-refractivity contribution in [2.45, 2.75) is 26.3 Å². The van der Waals surface area contributed by atoms with Crippen molar-refractivity contribution in [3.63, 3.8) is 0 Å². The topological polar surface area (TPSA) is 44.0 Å². The molecule has 0 heterocycles. The number of rotatable bonds is 0. The minimum atomic E-state index is -0.250. The van der Waals surface area contributed by atoms with E-state index in [-0.39, 0.29) is 44.4 Å². The second kappa shape index (κ2) is 18.0. The molecule has 3 rings (SSSR count). The normalized spacial score (nSPS) is 8.65. The van der Waals surface area contributed by atoms with Crippen molar-refractivity contribution < 1.29 is 29.3 Å². The third-order valence-corrected chi connectivity index (χ3v) is 2.52. The van der Waals surface area contributed by atoms with Crippen LogP contribution in [0.15, 0.2) is 54.6 Å². The Kier molecular flexibility index (Phi) is 22.9. The smallest absolute Gasteiger partial charge is 0.0771 e. The van der Waals surface area contributed by atoms with Gasteiger partial charge in [-0.2, -0.15) is 0 Å². The van der Waals surface area contributed by atoms with Crippen molar-refractivity contribution in [1.82, 2.24) is 0 Å². The molecule has 0 atom stereocenters. The maximum absolute atomic E-state index is 7.46. The number of hydrogen-bond acceptors (Lipinski definition) is 1. The third-order valence-electron chi connectivity index (χ3n) is 2.52. The molecular formula is C21H31Cl2NOZr-4. The van der Waals surface area contributed by atoms with Crippen molar-refractivity contribution in [2.75, 3.05) is 6.61 Å². The fraction of sp³-hybridized carbons (Fsp3) is 0.238. The summed E-state index contributed by atoms with van der Waals surface area (Å²) in [6.07, 6.45) is 0. The SMILES string of the molecule is CC(C)(C)[NH-].Cl.Cl.[CH2-]CO.[CH2]=[Zr].[CH3-].c1ccc2c(c1)[cH-]c1ccccc12. The van der Waals surface area contributed by atoms with Crippen molar-refractivity contribution in [3.8, 4) is 0 Å². The molecule has 0 saturated heterocycles. The molecule has 0 aliphatic rings. The first-order valence-corrected chi connectivity index (χ1v) is 9.14. The standard InChI is InChI=1S/C13H9.C4H10N.C2H5O.CH3.CH2.2ClH.Zr/c1-3-7-12-10(5-1)9-11-6-2-4-8-13(11)12;1-4(2,3)5;1-2-3;;;;;/h1-9H;5H,1-3H3;3H,1-2H2;1H3;1H2;2*1H;/q4*-1;;;;. The molecule has 2 nitrogen and oxygen atoms in total. The van der Waals surface area contributed by atoms with E-state index in [1.165, 1.54) is 45.8 Å². The third kappa shape index (κ3) is 13.7. The molecule has 0 amide bonds. The summed E-state index contributed by atoms with van der Waals surface area (Å²) < 4.78 is 3.34. The van der Waals surface area contributed by atoms with E-state index in [0.717, 1.165) is 0 Å². The van der Waals surface area contributed by atoms with Crippen LogP contribution in [0.5, 0.6) is 0 Å². The Labute approximate surface area is 186 Å². The van der Waals surface area contributed by atoms with Gasteiger partial charge in [0.25, 0.3) is 0 Å². The Morgan fingerprint density at radius 3 is 1.46 bits per heavy atom.